The first-order valence-corrected chi connectivity index (χ1v) is 9.31. The molecule has 1 spiro atoms. The number of hydrogen-bond donors (Lipinski definition) is 2. The molecule has 3 rings (SSSR count). The Bertz CT molecular complexity index is 854. The molecule has 1 atom stereocenters. The summed E-state index contributed by atoms with van der Waals surface area (Å²) >= 11 is 0. The van der Waals surface area contributed by atoms with Crippen LogP contribution >= 0.6 is 0 Å². The number of esters is 1. The first-order chi connectivity index (χ1) is 13.7. The largest absolute Gasteiger partial charge is 0.452 e. The fourth-order valence-corrected chi connectivity index (χ4v) is 3.53. The lowest BCUT2D eigenvalue weighted by molar-refractivity contribution is -0.153. The van der Waals surface area contributed by atoms with Crippen molar-refractivity contribution in [3.8, 4) is 0 Å². The minimum absolute atomic E-state index is 0.0120. The van der Waals surface area contributed by atoms with Crippen molar-refractivity contribution in [3.63, 3.8) is 0 Å². The summed E-state index contributed by atoms with van der Waals surface area (Å²) in [7, 11) is 0. The zero-order valence-electron chi connectivity index (χ0n) is 15.8. The van der Waals surface area contributed by atoms with Gasteiger partial charge < -0.3 is 15.4 Å². The van der Waals surface area contributed by atoms with Gasteiger partial charge in [-0.3, -0.25) is 19.3 Å². The number of ether oxygens (including phenoxy) is 1. The van der Waals surface area contributed by atoms with Gasteiger partial charge >= 0.3 is 12.0 Å². The van der Waals surface area contributed by atoms with Crippen LogP contribution in [0.3, 0.4) is 0 Å². The highest BCUT2D eigenvalue weighted by atomic mass is 19.2. The van der Waals surface area contributed by atoms with Crippen molar-refractivity contribution in [1.82, 2.24) is 10.2 Å². The molecule has 1 saturated carbocycles. The molecule has 2 fully saturated rings. The molecule has 2 aliphatic rings. The number of carbonyl (C=O) groups excluding carboxylic acids is 4. The van der Waals surface area contributed by atoms with Gasteiger partial charge in [-0.25, -0.2) is 13.6 Å². The van der Waals surface area contributed by atoms with Gasteiger partial charge in [0.25, 0.3) is 11.8 Å². The van der Waals surface area contributed by atoms with Gasteiger partial charge in [0, 0.05) is 18.3 Å². The molecule has 8 nitrogen and oxygen atoms in total. The molecule has 0 bridgehead atoms. The number of rotatable bonds is 6. The molecule has 0 aromatic heterocycles. The van der Waals surface area contributed by atoms with Crippen LogP contribution in [0.5, 0.6) is 0 Å². The van der Waals surface area contributed by atoms with E-state index < -0.39 is 41.2 Å². The van der Waals surface area contributed by atoms with Crippen molar-refractivity contribution in [2.45, 2.75) is 50.7 Å². The highest BCUT2D eigenvalue weighted by Crippen LogP contribution is 2.35. The van der Waals surface area contributed by atoms with E-state index in [1.165, 1.54) is 13.0 Å². The van der Waals surface area contributed by atoms with Crippen LogP contribution in [0, 0.1) is 11.6 Å². The van der Waals surface area contributed by atoms with Gasteiger partial charge in [-0.05, 0) is 31.9 Å². The fourth-order valence-electron chi connectivity index (χ4n) is 3.53. The van der Waals surface area contributed by atoms with Gasteiger partial charge in [-0.2, -0.15) is 0 Å². The third-order valence-corrected chi connectivity index (χ3v) is 5.11. The predicted molar refractivity (Wildman–Crippen MR) is 96.6 cm³/mol. The Morgan fingerprint density at radius 2 is 1.93 bits per heavy atom. The number of halogens is 2. The van der Waals surface area contributed by atoms with Crippen LogP contribution in [0.15, 0.2) is 18.2 Å². The topological polar surface area (TPSA) is 105 Å². The van der Waals surface area contributed by atoms with Crippen LogP contribution in [0.1, 0.15) is 39.0 Å². The highest BCUT2D eigenvalue weighted by Gasteiger charge is 2.52. The molecule has 1 aliphatic heterocycles. The van der Waals surface area contributed by atoms with E-state index in [2.05, 4.69) is 10.6 Å². The van der Waals surface area contributed by atoms with E-state index in [4.69, 9.17) is 4.74 Å². The Hall–Kier alpha value is -3.04. The number of urea groups is 1. The van der Waals surface area contributed by atoms with Crippen LogP contribution in [0.2, 0.25) is 0 Å². The second-order valence-electron chi connectivity index (χ2n) is 7.18. The summed E-state index contributed by atoms with van der Waals surface area (Å²) in [5.74, 6) is -4.02. The van der Waals surface area contributed by atoms with E-state index >= 15 is 0 Å². The van der Waals surface area contributed by atoms with Crippen molar-refractivity contribution in [2.75, 3.05) is 11.9 Å². The van der Waals surface area contributed by atoms with E-state index in [0.717, 1.165) is 29.9 Å². The molecule has 1 saturated heterocycles. The molecule has 1 aromatic carbocycles. The average Bonchev–Trinajstić information content (AvgIpc) is 3.22. The Balaban J connectivity index is 1.48. The maximum absolute atomic E-state index is 13.2. The second kappa shape index (κ2) is 8.14. The molecule has 1 aliphatic carbocycles. The van der Waals surface area contributed by atoms with Crippen molar-refractivity contribution < 1.29 is 32.7 Å². The fraction of sp³-hybridized carbons (Fsp3) is 0.474. The Morgan fingerprint density at radius 3 is 2.59 bits per heavy atom. The minimum Gasteiger partial charge on any atom is -0.452 e. The summed E-state index contributed by atoms with van der Waals surface area (Å²) in [5.41, 5.74) is -0.837. The third-order valence-electron chi connectivity index (χ3n) is 5.11. The van der Waals surface area contributed by atoms with Crippen LogP contribution in [0.25, 0.3) is 0 Å². The quantitative estimate of drug-likeness (QED) is 0.553. The third kappa shape index (κ3) is 4.36. The average molecular weight is 409 g/mol. The van der Waals surface area contributed by atoms with Gasteiger partial charge in [-0.15, -0.1) is 0 Å². The van der Waals surface area contributed by atoms with E-state index in [1.807, 2.05) is 0 Å². The molecule has 4 amide bonds. The lowest BCUT2D eigenvalue weighted by Crippen LogP contribution is -2.44. The van der Waals surface area contributed by atoms with E-state index in [-0.39, 0.29) is 24.6 Å². The normalized spacial score (nSPS) is 18.7. The standard InChI is InChI=1S/C19H21F2N3O5/c1-11(16(26)22-12-4-5-13(20)14(21)10-12)29-15(25)6-9-24-17(27)19(23-18(24)28)7-2-3-8-19/h4-5,10-11H,2-3,6-9H2,1H3,(H,22,26)(H,23,28)/t11-/m0/s1. The van der Waals surface area contributed by atoms with E-state index in [0.29, 0.717) is 12.8 Å². The van der Waals surface area contributed by atoms with Crippen molar-refractivity contribution in [1.29, 1.82) is 0 Å². The summed E-state index contributed by atoms with van der Waals surface area (Å²) in [6.07, 6.45) is 1.40. The summed E-state index contributed by atoms with van der Waals surface area (Å²) in [5, 5.41) is 5.02. The number of nitrogens with one attached hydrogen (secondary N) is 2. The van der Waals surface area contributed by atoms with Gasteiger partial charge in [0.05, 0.1) is 6.42 Å². The lowest BCUT2D eigenvalue weighted by Gasteiger charge is -2.20. The van der Waals surface area contributed by atoms with Crippen LogP contribution < -0.4 is 10.6 Å². The van der Waals surface area contributed by atoms with E-state index in [1.54, 1.807) is 0 Å². The smallest absolute Gasteiger partial charge is 0.325 e. The van der Waals surface area contributed by atoms with Gasteiger partial charge in [0.1, 0.15) is 5.54 Å². The lowest BCUT2D eigenvalue weighted by atomic mass is 9.98. The SMILES string of the molecule is C[C@H](OC(=O)CCN1C(=O)NC2(CCCC2)C1=O)C(=O)Nc1ccc(F)c(F)c1. The zero-order chi connectivity index (χ0) is 21.2. The Labute approximate surface area is 165 Å². The monoisotopic (exact) mass is 409 g/mol. The highest BCUT2D eigenvalue weighted by molar-refractivity contribution is 6.07. The van der Waals surface area contributed by atoms with Gasteiger partial charge in [0.2, 0.25) is 0 Å². The molecular formula is C19H21F2N3O5. The molecule has 0 unspecified atom stereocenters. The van der Waals surface area contributed by atoms with E-state index in [9.17, 15) is 28.0 Å². The second-order valence-corrected chi connectivity index (χ2v) is 7.18. The van der Waals surface area contributed by atoms with Crippen molar-refractivity contribution in [2.24, 2.45) is 0 Å². The molecule has 1 aromatic rings. The van der Waals surface area contributed by atoms with Crippen molar-refractivity contribution >= 4 is 29.5 Å². The van der Waals surface area contributed by atoms with Crippen LogP contribution in [-0.2, 0) is 19.1 Å². The Morgan fingerprint density at radius 1 is 1.24 bits per heavy atom. The zero-order valence-corrected chi connectivity index (χ0v) is 15.8. The molecule has 2 N–H and O–H groups in total. The number of nitrogens with zero attached hydrogens (tertiary/aromatic N) is 1. The first kappa shape index (κ1) is 20.7. The minimum atomic E-state index is -1.21. The summed E-state index contributed by atoms with van der Waals surface area (Å²) < 4.78 is 31.1. The molecule has 0 radical (unpaired) electrons. The first-order valence-electron chi connectivity index (χ1n) is 9.31. The number of anilines is 1. The number of benzene rings is 1. The Kier molecular flexibility index (Phi) is 5.81. The number of imide groups is 1. The molecular weight excluding hydrogens is 388 g/mol. The number of carbonyl (C=O) groups is 4. The summed E-state index contributed by atoms with van der Waals surface area (Å²) in [4.78, 5) is 49.6. The molecule has 156 valence electrons. The van der Waals surface area contributed by atoms with Gasteiger partial charge in [0.15, 0.2) is 17.7 Å². The molecule has 29 heavy (non-hydrogen) atoms. The summed E-state index contributed by atoms with van der Waals surface area (Å²) in [6, 6.07) is 2.30. The number of hydrogen-bond acceptors (Lipinski definition) is 5. The molecule has 10 heteroatoms. The maximum Gasteiger partial charge on any atom is 0.325 e. The number of amides is 4. The van der Waals surface area contributed by atoms with Crippen LogP contribution in [0.4, 0.5) is 19.3 Å². The maximum atomic E-state index is 13.2. The van der Waals surface area contributed by atoms with Gasteiger partial charge in [-0.1, -0.05) is 12.8 Å². The predicted octanol–water partition coefficient (Wildman–Crippen LogP) is 2.09. The van der Waals surface area contributed by atoms with Crippen LogP contribution in [-0.4, -0.2) is 46.9 Å². The van der Waals surface area contributed by atoms with Crippen molar-refractivity contribution in [3.05, 3.63) is 29.8 Å². The molecule has 1 heterocycles. The summed E-state index contributed by atoms with van der Waals surface area (Å²) in [6.45, 7) is 1.16.